The van der Waals surface area contributed by atoms with E-state index in [4.69, 9.17) is 77.6 Å². The number of carboxylic acids is 2. The number of nitrogens with zero attached hydrogens (tertiary/aromatic N) is 2. The first-order valence-electron chi connectivity index (χ1n) is 11.3. The molecule has 0 amide bonds. The van der Waals surface area contributed by atoms with Gasteiger partial charge in [-0.05, 0) is 30.3 Å². The monoisotopic (exact) mass is 678 g/mol. The van der Waals surface area contributed by atoms with Crippen molar-refractivity contribution in [3.63, 3.8) is 0 Å². The molecule has 17 heteroatoms. The fourth-order valence-electron chi connectivity index (χ4n) is 3.53. The van der Waals surface area contributed by atoms with Crippen molar-refractivity contribution in [3.8, 4) is 34.0 Å². The van der Waals surface area contributed by atoms with Crippen LogP contribution in [0.2, 0.25) is 20.1 Å². The van der Waals surface area contributed by atoms with Crippen LogP contribution in [0, 0.1) is 17.5 Å². The van der Waals surface area contributed by atoms with Crippen LogP contribution in [0.1, 0.15) is 21.0 Å². The summed E-state index contributed by atoms with van der Waals surface area (Å²) in [5, 5.41) is 17.3. The molecule has 0 saturated carbocycles. The Morgan fingerprint density at radius 3 is 1.70 bits per heavy atom. The number of rotatable bonds is 6. The number of aromatic carboxylic acids is 2. The van der Waals surface area contributed by atoms with Crippen LogP contribution in [0.15, 0.2) is 30.3 Å². The van der Waals surface area contributed by atoms with Crippen LogP contribution in [-0.4, -0.2) is 46.3 Å². The highest BCUT2D eigenvalue weighted by Gasteiger charge is 2.25. The molecule has 43 heavy (non-hydrogen) atoms. The molecule has 2 heterocycles. The second-order valence-electron chi connectivity index (χ2n) is 8.10. The molecule has 4 rings (SSSR count). The van der Waals surface area contributed by atoms with E-state index < -0.39 is 57.2 Å². The van der Waals surface area contributed by atoms with Gasteiger partial charge < -0.3 is 31.2 Å². The van der Waals surface area contributed by atoms with E-state index in [1.165, 1.54) is 38.5 Å². The van der Waals surface area contributed by atoms with Crippen molar-refractivity contribution < 1.29 is 42.4 Å². The molecule has 0 saturated heterocycles. The quantitative estimate of drug-likeness (QED) is 0.165. The average molecular weight is 680 g/mol. The number of nitrogen functional groups attached to an aromatic ring is 2. The third kappa shape index (κ3) is 6.59. The Kier molecular flexibility index (Phi) is 10.4. The highest BCUT2D eigenvalue weighted by atomic mass is 35.5. The van der Waals surface area contributed by atoms with E-state index in [-0.39, 0.29) is 49.1 Å². The lowest BCUT2D eigenvalue weighted by Gasteiger charge is -2.12. The van der Waals surface area contributed by atoms with Gasteiger partial charge in [0.1, 0.15) is 5.69 Å². The van der Waals surface area contributed by atoms with Crippen LogP contribution < -0.4 is 20.9 Å². The van der Waals surface area contributed by atoms with Gasteiger partial charge in [-0.2, -0.15) is 0 Å². The molecule has 0 aliphatic rings. The molecule has 0 atom stereocenters. The number of pyridine rings is 2. The minimum Gasteiger partial charge on any atom is -0.492 e. The van der Waals surface area contributed by atoms with Gasteiger partial charge in [0.05, 0.1) is 51.4 Å². The van der Waals surface area contributed by atoms with Crippen molar-refractivity contribution in [1.82, 2.24) is 9.97 Å². The number of hydrogen-bond donors (Lipinski definition) is 4. The first-order valence-corrected chi connectivity index (χ1v) is 12.8. The molecule has 0 aliphatic carbocycles. The normalized spacial score (nSPS) is 10.5. The van der Waals surface area contributed by atoms with Crippen LogP contribution in [-0.2, 0) is 0 Å². The summed E-state index contributed by atoms with van der Waals surface area (Å²) in [5.41, 5.74) is 8.30. The standard InChI is InChI=1S/C13H8Cl2F2N2O3.C13H9Cl2FN2O3/c1-22-12-5(14)3-2-4(7(12)16)10-8(17)9(18)6(15)11(19-10)13(20)21;1-21-12-6(14)3-2-5(10(12)16)8-4-7(17)9(15)11(18-8)13(19)20/h2-3H,1H3,(H2,18,19)(H,20,21);2-4H,1H3,(H2,17,18)(H,19,20). The lowest BCUT2D eigenvalue weighted by molar-refractivity contribution is 0.0680. The van der Waals surface area contributed by atoms with Crippen LogP contribution in [0.3, 0.4) is 0 Å². The summed E-state index contributed by atoms with van der Waals surface area (Å²) < 4.78 is 52.5. The molecule has 4 aromatic rings. The molecule has 0 aliphatic heterocycles. The number of carboxylic acid groups (broad SMARTS) is 2. The summed E-state index contributed by atoms with van der Waals surface area (Å²) in [5.74, 6) is -6.30. The summed E-state index contributed by atoms with van der Waals surface area (Å²) >= 11 is 22.9. The number of aromatic nitrogens is 2. The van der Waals surface area contributed by atoms with Gasteiger partial charge in [0.15, 0.2) is 40.3 Å². The summed E-state index contributed by atoms with van der Waals surface area (Å²) in [6.07, 6.45) is 0. The van der Waals surface area contributed by atoms with Gasteiger partial charge in [-0.3, -0.25) is 0 Å². The molecule has 0 unspecified atom stereocenters. The Bertz CT molecular complexity index is 1780. The van der Waals surface area contributed by atoms with E-state index in [1.807, 2.05) is 0 Å². The third-order valence-electron chi connectivity index (χ3n) is 5.54. The zero-order valence-corrected chi connectivity index (χ0v) is 24.6. The fourth-order valence-corrected chi connectivity index (χ4v) is 4.36. The molecule has 0 radical (unpaired) electrons. The van der Waals surface area contributed by atoms with Gasteiger partial charge in [0.2, 0.25) is 0 Å². The average Bonchev–Trinajstić information content (AvgIpc) is 2.94. The van der Waals surface area contributed by atoms with Crippen molar-refractivity contribution in [2.75, 3.05) is 25.7 Å². The van der Waals surface area contributed by atoms with Crippen LogP contribution in [0.4, 0.5) is 24.5 Å². The molecule has 226 valence electrons. The van der Waals surface area contributed by atoms with E-state index in [2.05, 4.69) is 9.97 Å². The van der Waals surface area contributed by atoms with Crippen molar-refractivity contribution in [2.45, 2.75) is 0 Å². The number of ether oxygens (including phenoxy) is 2. The van der Waals surface area contributed by atoms with Gasteiger partial charge in [0, 0.05) is 11.1 Å². The zero-order chi connectivity index (χ0) is 32.3. The molecular weight excluding hydrogens is 663 g/mol. The number of anilines is 2. The highest BCUT2D eigenvalue weighted by molar-refractivity contribution is 6.36. The predicted molar refractivity (Wildman–Crippen MR) is 155 cm³/mol. The molecule has 0 spiro atoms. The molecule has 0 fully saturated rings. The van der Waals surface area contributed by atoms with Gasteiger partial charge in [-0.25, -0.2) is 32.7 Å². The smallest absolute Gasteiger partial charge is 0.356 e. The maximum Gasteiger partial charge on any atom is 0.356 e. The largest absolute Gasteiger partial charge is 0.492 e. The lowest BCUT2D eigenvalue weighted by atomic mass is 10.1. The lowest BCUT2D eigenvalue weighted by Crippen LogP contribution is -2.09. The van der Waals surface area contributed by atoms with E-state index >= 15 is 0 Å². The van der Waals surface area contributed by atoms with Gasteiger partial charge >= 0.3 is 11.9 Å². The molecule has 10 nitrogen and oxygen atoms in total. The summed E-state index contributed by atoms with van der Waals surface area (Å²) in [7, 11) is 2.44. The Labute approximate surface area is 260 Å². The second-order valence-corrected chi connectivity index (χ2v) is 9.67. The van der Waals surface area contributed by atoms with Gasteiger partial charge in [0.25, 0.3) is 0 Å². The van der Waals surface area contributed by atoms with Crippen LogP contribution >= 0.6 is 46.4 Å². The van der Waals surface area contributed by atoms with Gasteiger partial charge in [-0.15, -0.1) is 0 Å². The molecular formula is C26H17Cl4F3N4O6. The zero-order valence-electron chi connectivity index (χ0n) is 21.6. The topological polar surface area (TPSA) is 171 Å². The molecule has 0 bridgehead atoms. The summed E-state index contributed by atoms with van der Waals surface area (Å²) in [4.78, 5) is 29.5. The van der Waals surface area contributed by atoms with Crippen molar-refractivity contribution >= 4 is 69.7 Å². The maximum absolute atomic E-state index is 14.3. The minimum atomic E-state index is -1.53. The Morgan fingerprint density at radius 2 is 1.21 bits per heavy atom. The minimum absolute atomic E-state index is 0.00196. The number of methoxy groups -OCH3 is 2. The van der Waals surface area contributed by atoms with Gasteiger partial charge in [-0.1, -0.05) is 46.4 Å². The Hall–Kier alpha value is -4.17. The van der Waals surface area contributed by atoms with E-state index in [0.29, 0.717) is 0 Å². The fraction of sp³-hybridized carbons (Fsp3) is 0.0769. The third-order valence-corrected chi connectivity index (χ3v) is 6.92. The molecule has 2 aromatic carbocycles. The number of nitrogens with two attached hydrogens (primary N) is 2. The van der Waals surface area contributed by atoms with Crippen molar-refractivity contribution in [1.29, 1.82) is 0 Å². The van der Waals surface area contributed by atoms with Crippen LogP contribution in [0.5, 0.6) is 11.5 Å². The Morgan fingerprint density at radius 1 is 0.744 bits per heavy atom. The molecule has 2 aromatic heterocycles. The Balaban J connectivity index is 0.000000236. The van der Waals surface area contributed by atoms with Crippen molar-refractivity contribution in [2.24, 2.45) is 0 Å². The number of carbonyl (C=O) groups is 2. The predicted octanol–water partition coefficient (Wildman–Crippen LogP) is 7.11. The maximum atomic E-state index is 14.3. The van der Waals surface area contributed by atoms with E-state index in [9.17, 15) is 22.8 Å². The highest BCUT2D eigenvalue weighted by Crippen LogP contribution is 2.39. The molecule has 6 N–H and O–H groups in total. The number of halogens is 7. The number of benzene rings is 2. The first-order chi connectivity index (χ1) is 20.2. The summed E-state index contributed by atoms with van der Waals surface area (Å²) in [6.45, 7) is 0. The summed E-state index contributed by atoms with van der Waals surface area (Å²) in [6, 6.07) is 6.42. The van der Waals surface area contributed by atoms with E-state index in [0.717, 1.165) is 6.07 Å². The second kappa shape index (κ2) is 13.4. The van der Waals surface area contributed by atoms with Crippen LogP contribution in [0.25, 0.3) is 22.5 Å². The first kappa shape index (κ1) is 33.3. The van der Waals surface area contributed by atoms with E-state index in [1.54, 1.807) is 0 Å². The number of hydrogen-bond acceptors (Lipinski definition) is 8. The SMILES string of the molecule is COc1c(Cl)ccc(-c2cc(N)c(Cl)c(C(=O)O)n2)c1F.COc1c(Cl)ccc(-c2nc(C(=O)O)c(Cl)c(N)c2F)c1F. The van der Waals surface area contributed by atoms with Crippen molar-refractivity contribution in [3.05, 3.63) is 79.3 Å².